The maximum Gasteiger partial charge on any atom is 0.150 e. The fraction of sp³-hybridized carbons (Fsp3) is 0.364. The molecule has 1 aliphatic rings. The first-order chi connectivity index (χ1) is 6.79. The molecule has 1 heterocycles. The van der Waals surface area contributed by atoms with Gasteiger partial charge in [0.05, 0.1) is 0 Å². The Bertz CT molecular complexity index is 345. The molecule has 2 rings (SSSR count). The van der Waals surface area contributed by atoms with Crippen molar-refractivity contribution < 1.29 is 9.53 Å². The van der Waals surface area contributed by atoms with Gasteiger partial charge in [-0.2, -0.15) is 0 Å². The fourth-order valence-electron chi connectivity index (χ4n) is 1.36. The van der Waals surface area contributed by atoms with E-state index in [-0.39, 0.29) is 6.10 Å². The Morgan fingerprint density at radius 1 is 1.50 bits per heavy atom. The molecule has 3 heteroatoms. The van der Waals surface area contributed by atoms with Gasteiger partial charge in [0.2, 0.25) is 0 Å². The molecule has 0 unspecified atom stereocenters. The van der Waals surface area contributed by atoms with Crippen LogP contribution in [-0.2, 0) is 0 Å². The molecule has 1 aromatic rings. The summed E-state index contributed by atoms with van der Waals surface area (Å²) in [5.41, 5.74) is 1.69. The second-order valence-corrected chi connectivity index (χ2v) is 3.53. The maximum atomic E-state index is 10.7. The summed E-state index contributed by atoms with van der Waals surface area (Å²) in [5.74, 6) is 0.782. The number of hydrogen-bond donors (Lipinski definition) is 1. The smallest absolute Gasteiger partial charge is 0.150 e. The van der Waals surface area contributed by atoms with Crippen LogP contribution >= 0.6 is 0 Å². The minimum atomic E-state index is 0.261. The Balaban J connectivity index is 2.13. The molecule has 1 aliphatic heterocycles. The molecule has 1 saturated heterocycles. The third-order valence-electron chi connectivity index (χ3n) is 2.42. The van der Waals surface area contributed by atoms with Crippen molar-refractivity contribution >= 4 is 6.29 Å². The molecule has 1 aromatic carbocycles. The molecule has 0 saturated carbocycles. The van der Waals surface area contributed by atoms with Gasteiger partial charge in [-0.05, 0) is 24.6 Å². The van der Waals surface area contributed by atoms with E-state index in [1.54, 1.807) is 6.07 Å². The second-order valence-electron chi connectivity index (χ2n) is 3.53. The lowest BCUT2D eigenvalue weighted by molar-refractivity contribution is 0.112. The molecule has 14 heavy (non-hydrogen) atoms. The van der Waals surface area contributed by atoms with Crippen LogP contribution in [0.25, 0.3) is 0 Å². The number of carbonyl (C=O) groups excluding carboxylic acids is 1. The number of hydrogen-bond acceptors (Lipinski definition) is 3. The zero-order valence-corrected chi connectivity index (χ0v) is 8.12. The maximum absolute atomic E-state index is 10.7. The van der Waals surface area contributed by atoms with E-state index in [0.717, 1.165) is 30.7 Å². The summed E-state index contributed by atoms with van der Waals surface area (Å²) < 4.78 is 5.63. The summed E-state index contributed by atoms with van der Waals surface area (Å²) >= 11 is 0. The van der Waals surface area contributed by atoms with E-state index < -0.39 is 0 Å². The summed E-state index contributed by atoms with van der Waals surface area (Å²) in [5, 5.41) is 3.13. The van der Waals surface area contributed by atoms with Crippen LogP contribution in [0.5, 0.6) is 5.75 Å². The molecule has 0 radical (unpaired) electrons. The highest BCUT2D eigenvalue weighted by molar-refractivity contribution is 5.77. The molecule has 0 amide bonds. The summed E-state index contributed by atoms with van der Waals surface area (Å²) in [6.45, 7) is 3.70. The van der Waals surface area contributed by atoms with Gasteiger partial charge in [-0.25, -0.2) is 0 Å². The topological polar surface area (TPSA) is 38.3 Å². The minimum Gasteiger partial charge on any atom is -0.488 e. The number of rotatable bonds is 3. The van der Waals surface area contributed by atoms with E-state index in [1.165, 1.54) is 0 Å². The standard InChI is InChI=1S/C11H13NO2/c1-8-2-3-10(4-9(8)7-13)14-11-5-12-6-11/h2-4,7,11-12H,5-6H2,1H3. The highest BCUT2D eigenvalue weighted by Gasteiger charge is 2.18. The number of aryl methyl sites for hydroxylation is 1. The van der Waals surface area contributed by atoms with E-state index in [1.807, 2.05) is 19.1 Å². The lowest BCUT2D eigenvalue weighted by Gasteiger charge is -2.27. The average Bonchev–Trinajstić information content (AvgIpc) is 2.14. The third-order valence-corrected chi connectivity index (χ3v) is 2.42. The zero-order valence-electron chi connectivity index (χ0n) is 8.12. The summed E-state index contributed by atoms with van der Waals surface area (Å²) in [7, 11) is 0. The van der Waals surface area contributed by atoms with Crippen LogP contribution in [0.3, 0.4) is 0 Å². The van der Waals surface area contributed by atoms with E-state index >= 15 is 0 Å². The summed E-state index contributed by atoms with van der Waals surface area (Å²) in [6.07, 6.45) is 1.12. The lowest BCUT2D eigenvalue weighted by Crippen LogP contribution is -2.50. The van der Waals surface area contributed by atoms with Crippen LogP contribution in [0.4, 0.5) is 0 Å². The van der Waals surface area contributed by atoms with Crippen molar-refractivity contribution in [3.05, 3.63) is 29.3 Å². The van der Waals surface area contributed by atoms with Gasteiger partial charge in [-0.1, -0.05) is 6.07 Å². The van der Waals surface area contributed by atoms with Crippen molar-refractivity contribution in [1.29, 1.82) is 0 Å². The molecule has 0 aliphatic carbocycles. The predicted octanol–water partition coefficient (Wildman–Crippen LogP) is 1.16. The molecule has 0 spiro atoms. The molecular weight excluding hydrogens is 178 g/mol. The third kappa shape index (κ3) is 1.77. The van der Waals surface area contributed by atoms with Crippen molar-refractivity contribution in [1.82, 2.24) is 5.32 Å². The minimum absolute atomic E-state index is 0.261. The van der Waals surface area contributed by atoms with Gasteiger partial charge in [-0.15, -0.1) is 0 Å². The number of carbonyl (C=O) groups is 1. The Morgan fingerprint density at radius 2 is 2.29 bits per heavy atom. The van der Waals surface area contributed by atoms with Crippen LogP contribution in [0.1, 0.15) is 15.9 Å². The summed E-state index contributed by atoms with van der Waals surface area (Å²) in [4.78, 5) is 10.7. The fourth-order valence-corrected chi connectivity index (χ4v) is 1.36. The Labute approximate surface area is 83.1 Å². The SMILES string of the molecule is Cc1ccc(OC2CNC2)cc1C=O. The van der Waals surface area contributed by atoms with Gasteiger partial charge in [0.1, 0.15) is 18.1 Å². The molecule has 74 valence electrons. The Morgan fingerprint density at radius 3 is 2.86 bits per heavy atom. The second kappa shape index (κ2) is 3.80. The van der Waals surface area contributed by atoms with Crippen LogP contribution < -0.4 is 10.1 Å². The van der Waals surface area contributed by atoms with Crippen LogP contribution in [0.15, 0.2) is 18.2 Å². The molecule has 0 atom stereocenters. The molecule has 1 fully saturated rings. The molecule has 3 nitrogen and oxygen atoms in total. The van der Waals surface area contributed by atoms with Crippen LogP contribution in [0, 0.1) is 6.92 Å². The van der Waals surface area contributed by atoms with Gasteiger partial charge >= 0.3 is 0 Å². The van der Waals surface area contributed by atoms with Gasteiger partial charge in [0, 0.05) is 18.7 Å². The van der Waals surface area contributed by atoms with Crippen LogP contribution in [-0.4, -0.2) is 25.5 Å². The number of ether oxygens (including phenoxy) is 1. The molecule has 1 N–H and O–H groups in total. The van der Waals surface area contributed by atoms with Gasteiger partial charge in [-0.3, -0.25) is 4.79 Å². The Kier molecular flexibility index (Phi) is 2.50. The predicted molar refractivity (Wildman–Crippen MR) is 53.9 cm³/mol. The highest BCUT2D eigenvalue weighted by Crippen LogP contribution is 2.18. The van der Waals surface area contributed by atoms with Crippen LogP contribution in [0.2, 0.25) is 0 Å². The van der Waals surface area contributed by atoms with Crippen molar-refractivity contribution in [2.75, 3.05) is 13.1 Å². The monoisotopic (exact) mass is 191 g/mol. The van der Waals surface area contributed by atoms with E-state index in [2.05, 4.69) is 5.32 Å². The molecule has 0 bridgehead atoms. The number of benzene rings is 1. The van der Waals surface area contributed by atoms with E-state index in [9.17, 15) is 4.79 Å². The number of aldehydes is 1. The largest absolute Gasteiger partial charge is 0.488 e. The normalized spacial score (nSPS) is 16.1. The summed E-state index contributed by atoms with van der Waals surface area (Å²) in [6, 6.07) is 5.60. The van der Waals surface area contributed by atoms with Gasteiger partial charge in [0.25, 0.3) is 0 Å². The van der Waals surface area contributed by atoms with Crippen molar-refractivity contribution in [3.63, 3.8) is 0 Å². The van der Waals surface area contributed by atoms with Crippen molar-refractivity contribution in [2.24, 2.45) is 0 Å². The number of nitrogens with one attached hydrogen (secondary N) is 1. The average molecular weight is 191 g/mol. The van der Waals surface area contributed by atoms with Gasteiger partial charge in [0.15, 0.2) is 0 Å². The van der Waals surface area contributed by atoms with Crippen molar-refractivity contribution in [3.8, 4) is 5.75 Å². The highest BCUT2D eigenvalue weighted by atomic mass is 16.5. The molecule has 0 aromatic heterocycles. The quantitative estimate of drug-likeness (QED) is 0.728. The van der Waals surface area contributed by atoms with E-state index in [4.69, 9.17) is 4.74 Å². The first-order valence-corrected chi connectivity index (χ1v) is 4.73. The first kappa shape index (κ1) is 9.21. The first-order valence-electron chi connectivity index (χ1n) is 4.73. The van der Waals surface area contributed by atoms with Crippen molar-refractivity contribution in [2.45, 2.75) is 13.0 Å². The van der Waals surface area contributed by atoms with E-state index in [0.29, 0.717) is 5.56 Å². The Hall–Kier alpha value is -1.35. The van der Waals surface area contributed by atoms with Gasteiger partial charge < -0.3 is 10.1 Å². The zero-order chi connectivity index (χ0) is 9.97. The lowest BCUT2D eigenvalue weighted by atomic mass is 10.1. The molecular formula is C11H13NO2.